The molecule has 3 N–H and O–H groups in total. The summed E-state index contributed by atoms with van der Waals surface area (Å²) < 4.78 is 37.5. The first kappa shape index (κ1) is 20.8. The summed E-state index contributed by atoms with van der Waals surface area (Å²) in [5, 5.41) is 23.3. The molecule has 14 heteroatoms. The zero-order valence-electron chi connectivity index (χ0n) is 15.3. The van der Waals surface area contributed by atoms with Crippen LogP contribution in [0.2, 0.25) is 0 Å². The molecule has 158 valence electrons. The maximum absolute atomic E-state index is 12.4. The quantitative estimate of drug-likeness (QED) is 0.378. The van der Waals surface area contributed by atoms with Gasteiger partial charge >= 0.3 is 16.2 Å². The molecule has 0 aromatic heterocycles. The molecule has 0 spiro atoms. The van der Waals surface area contributed by atoms with E-state index in [0.717, 1.165) is 6.07 Å². The molecule has 1 amide bonds. The number of hydrogen-bond donors (Lipinski definition) is 3. The van der Waals surface area contributed by atoms with Gasteiger partial charge in [-0.2, -0.15) is 12.7 Å². The zero-order chi connectivity index (χ0) is 21.5. The summed E-state index contributed by atoms with van der Waals surface area (Å²) in [5.41, 5.74) is -0.483. The molecular formula is C15H18N4O9S. The molecule has 29 heavy (non-hydrogen) atoms. The van der Waals surface area contributed by atoms with Gasteiger partial charge < -0.3 is 14.6 Å². The topological polar surface area (TPSA) is 177 Å². The van der Waals surface area contributed by atoms with E-state index < -0.39 is 57.4 Å². The van der Waals surface area contributed by atoms with Gasteiger partial charge in [0, 0.05) is 12.1 Å². The monoisotopic (exact) mass is 430 g/mol. The smallest absolute Gasteiger partial charge is 0.321 e. The van der Waals surface area contributed by atoms with Crippen molar-refractivity contribution in [3.05, 3.63) is 27.8 Å². The lowest BCUT2D eigenvalue weighted by atomic mass is 10.0. The second kappa shape index (κ2) is 7.46. The van der Waals surface area contributed by atoms with Crippen LogP contribution in [0.3, 0.4) is 0 Å². The fourth-order valence-electron chi connectivity index (χ4n) is 3.00. The van der Waals surface area contributed by atoms with Crippen molar-refractivity contribution < 1.29 is 37.5 Å². The lowest BCUT2D eigenvalue weighted by Crippen LogP contribution is -2.54. The van der Waals surface area contributed by atoms with Crippen LogP contribution in [-0.2, 0) is 26.3 Å². The van der Waals surface area contributed by atoms with Gasteiger partial charge in [0.15, 0.2) is 17.7 Å². The number of nitro groups is 1. The van der Waals surface area contributed by atoms with E-state index in [2.05, 4.69) is 5.32 Å². The highest BCUT2D eigenvalue weighted by molar-refractivity contribution is 7.88. The molecule has 2 aliphatic rings. The average molecular weight is 430 g/mol. The first-order valence-corrected chi connectivity index (χ1v) is 9.84. The van der Waals surface area contributed by atoms with E-state index >= 15 is 0 Å². The van der Waals surface area contributed by atoms with Crippen LogP contribution in [0, 0.1) is 16.0 Å². The Balaban J connectivity index is 1.98. The van der Waals surface area contributed by atoms with Crippen molar-refractivity contribution in [1.82, 2.24) is 14.3 Å². The third-order valence-corrected chi connectivity index (χ3v) is 5.86. The second-order valence-electron chi connectivity index (χ2n) is 6.74. The number of nitrogens with one attached hydrogen (secondary N) is 2. The summed E-state index contributed by atoms with van der Waals surface area (Å²) in [6, 6.07) is 1.13. The van der Waals surface area contributed by atoms with Crippen LogP contribution >= 0.6 is 0 Å². The lowest BCUT2D eigenvalue weighted by molar-refractivity contribution is -0.385. The summed E-state index contributed by atoms with van der Waals surface area (Å²) in [6.07, 6.45) is -1.56. The van der Waals surface area contributed by atoms with Crippen molar-refractivity contribution >= 4 is 27.8 Å². The molecule has 0 unspecified atom stereocenters. The summed E-state index contributed by atoms with van der Waals surface area (Å²) in [4.78, 5) is 34.4. The fourth-order valence-corrected chi connectivity index (χ4v) is 4.23. The molecule has 0 saturated carbocycles. The van der Waals surface area contributed by atoms with E-state index in [1.165, 1.54) is 6.07 Å². The first-order valence-electron chi connectivity index (χ1n) is 8.40. The summed E-state index contributed by atoms with van der Waals surface area (Å²) >= 11 is 0. The Labute approximate surface area is 164 Å². The average Bonchev–Trinajstić information content (AvgIpc) is 3.13. The van der Waals surface area contributed by atoms with Gasteiger partial charge in [0.05, 0.1) is 11.0 Å². The number of aliphatic carboxylic acids is 1. The van der Waals surface area contributed by atoms with Gasteiger partial charge in [0.1, 0.15) is 6.04 Å². The number of nitro benzene ring substituents is 1. The van der Waals surface area contributed by atoms with Crippen molar-refractivity contribution in [3.63, 3.8) is 0 Å². The Hall–Kier alpha value is -2.97. The Bertz CT molecular complexity index is 978. The van der Waals surface area contributed by atoms with Gasteiger partial charge in [-0.15, -0.1) is 0 Å². The first-order chi connectivity index (χ1) is 13.5. The number of nitrogens with zero attached hydrogens (tertiary/aromatic N) is 2. The standard InChI is InChI=1S/C15H18N4O9S/c1-7(2)12(15(21)22)16-13-14(20)17-29(25,26)18(13)5-8-3-10-11(28-6-27-10)4-9(8)19(23)24/h3-4,7,12-13,16H,5-6H2,1-2H3,(H,17,20)(H,21,22)/t12-,13+/m0/s1. The molecule has 3 rings (SSSR count). The minimum absolute atomic E-state index is 0.0532. The molecule has 0 radical (unpaired) electrons. The maximum Gasteiger partial charge on any atom is 0.321 e. The van der Waals surface area contributed by atoms with Gasteiger partial charge in [-0.05, 0) is 12.0 Å². The highest BCUT2D eigenvalue weighted by Gasteiger charge is 2.46. The van der Waals surface area contributed by atoms with Gasteiger partial charge in [-0.25, -0.2) is 4.72 Å². The molecule has 2 atom stereocenters. The van der Waals surface area contributed by atoms with E-state index in [4.69, 9.17) is 9.47 Å². The van der Waals surface area contributed by atoms with Crippen LogP contribution < -0.4 is 19.5 Å². The van der Waals surface area contributed by atoms with Crippen LogP contribution in [0.1, 0.15) is 19.4 Å². The van der Waals surface area contributed by atoms with Crippen LogP contribution in [0.15, 0.2) is 12.1 Å². The SMILES string of the molecule is CC(C)[C@H](N[C@H]1C(=O)NS(=O)(=O)N1Cc1cc2c(cc1[N+](=O)[O-])OCO2)C(=O)O. The van der Waals surface area contributed by atoms with E-state index in [9.17, 15) is 33.2 Å². The molecular weight excluding hydrogens is 412 g/mol. The molecule has 0 aliphatic carbocycles. The molecule has 2 heterocycles. The number of carbonyl (C=O) groups is 2. The van der Waals surface area contributed by atoms with Crippen LogP contribution in [-0.4, -0.2) is 53.6 Å². The molecule has 1 fully saturated rings. The largest absolute Gasteiger partial charge is 0.480 e. The zero-order valence-corrected chi connectivity index (χ0v) is 16.1. The number of carboxylic acids is 1. The summed E-state index contributed by atoms with van der Waals surface area (Å²) in [7, 11) is -4.35. The minimum Gasteiger partial charge on any atom is -0.480 e. The number of fused-ring (bicyclic) bond motifs is 1. The third-order valence-electron chi connectivity index (χ3n) is 4.44. The maximum atomic E-state index is 12.4. The molecule has 1 saturated heterocycles. The van der Waals surface area contributed by atoms with Gasteiger partial charge in [0.25, 0.3) is 11.6 Å². The number of hydrogen-bond acceptors (Lipinski definition) is 9. The number of benzene rings is 1. The Morgan fingerprint density at radius 2 is 2.03 bits per heavy atom. The van der Waals surface area contributed by atoms with Crippen molar-refractivity contribution in [2.75, 3.05) is 6.79 Å². The lowest BCUT2D eigenvalue weighted by Gasteiger charge is -2.26. The van der Waals surface area contributed by atoms with E-state index in [1.807, 2.05) is 0 Å². The predicted octanol–water partition coefficient (Wildman–Crippen LogP) is -0.475. The fraction of sp³-hybridized carbons (Fsp3) is 0.467. The molecule has 1 aromatic rings. The van der Waals surface area contributed by atoms with E-state index in [1.54, 1.807) is 18.6 Å². The number of rotatable bonds is 7. The van der Waals surface area contributed by atoms with Crippen LogP contribution in [0.4, 0.5) is 5.69 Å². The highest BCUT2D eigenvalue weighted by Crippen LogP contribution is 2.39. The van der Waals surface area contributed by atoms with Crippen LogP contribution in [0.25, 0.3) is 0 Å². The normalized spacial score (nSPS) is 21.2. The summed E-state index contributed by atoms with van der Waals surface area (Å²) in [6.45, 7) is 2.45. The van der Waals surface area contributed by atoms with Gasteiger partial charge in [0.2, 0.25) is 6.79 Å². The molecule has 13 nitrogen and oxygen atoms in total. The molecule has 2 aliphatic heterocycles. The van der Waals surface area contributed by atoms with Crippen molar-refractivity contribution in [2.24, 2.45) is 5.92 Å². The third kappa shape index (κ3) is 3.94. The van der Waals surface area contributed by atoms with Crippen LogP contribution in [0.5, 0.6) is 11.5 Å². The van der Waals surface area contributed by atoms with Gasteiger partial charge in [-0.3, -0.25) is 25.0 Å². The summed E-state index contributed by atoms with van der Waals surface area (Å²) in [5.74, 6) is -2.40. The number of amides is 1. The number of ether oxygens (including phenoxy) is 2. The second-order valence-corrected chi connectivity index (χ2v) is 8.36. The predicted molar refractivity (Wildman–Crippen MR) is 95.0 cm³/mol. The van der Waals surface area contributed by atoms with Gasteiger partial charge in [-0.1, -0.05) is 13.8 Å². The number of carbonyl (C=O) groups excluding carboxylic acids is 1. The minimum atomic E-state index is -4.35. The molecule has 0 bridgehead atoms. The Kier molecular flexibility index (Phi) is 5.34. The highest BCUT2D eigenvalue weighted by atomic mass is 32.2. The molecule has 1 aromatic carbocycles. The van der Waals surface area contributed by atoms with E-state index in [0.29, 0.717) is 4.31 Å². The Morgan fingerprint density at radius 1 is 1.41 bits per heavy atom. The number of carboxylic acid groups (broad SMARTS) is 1. The Morgan fingerprint density at radius 3 is 2.59 bits per heavy atom. The van der Waals surface area contributed by atoms with Crippen molar-refractivity contribution in [3.8, 4) is 11.5 Å². The van der Waals surface area contributed by atoms with Crippen molar-refractivity contribution in [1.29, 1.82) is 0 Å². The van der Waals surface area contributed by atoms with Crippen molar-refractivity contribution in [2.45, 2.75) is 32.6 Å². The van der Waals surface area contributed by atoms with E-state index in [-0.39, 0.29) is 23.9 Å².